The van der Waals surface area contributed by atoms with Crippen molar-refractivity contribution in [3.8, 4) is 0 Å². The molecule has 1 rings (SSSR count). The Bertz CT molecular complexity index is 324. The van der Waals surface area contributed by atoms with Gasteiger partial charge in [0.25, 0.3) is 0 Å². The molecule has 1 heterocycles. The summed E-state index contributed by atoms with van der Waals surface area (Å²) in [6.07, 6.45) is 12.4. The van der Waals surface area contributed by atoms with Gasteiger partial charge in [-0.25, -0.2) is 0 Å². The van der Waals surface area contributed by atoms with Gasteiger partial charge in [-0.2, -0.15) is 0 Å². The van der Waals surface area contributed by atoms with Crippen molar-refractivity contribution in [3.05, 3.63) is 20.8 Å². The molecule has 1 nitrogen and oxygen atoms in total. The molecule has 1 unspecified atom stereocenters. The first-order valence-electron chi connectivity index (χ1n) is 7.70. The van der Waals surface area contributed by atoms with Crippen LogP contribution in [0.15, 0.2) is 15.9 Å². The Morgan fingerprint density at radius 2 is 1.68 bits per heavy atom. The summed E-state index contributed by atoms with van der Waals surface area (Å²) < 4.78 is 1.23. The van der Waals surface area contributed by atoms with Crippen LogP contribution in [0, 0.1) is 0 Å². The average molecular weight is 346 g/mol. The van der Waals surface area contributed by atoms with Crippen LogP contribution in [-0.2, 0) is 0 Å². The predicted octanol–water partition coefficient (Wildman–Crippen LogP) is 6.30. The van der Waals surface area contributed by atoms with E-state index in [1.807, 2.05) is 11.3 Å². The van der Waals surface area contributed by atoms with Crippen LogP contribution in [0.3, 0.4) is 0 Å². The maximum Gasteiger partial charge on any atom is 0.0701 e. The molecular formula is C16H28BrNS. The highest BCUT2D eigenvalue weighted by Gasteiger charge is 2.10. The third-order valence-corrected chi connectivity index (χ3v) is 5.37. The van der Waals surface area contributed by atoms with Crippen LogP contribution in [0.1, 0.15) is 75.6 Å². The molecule has 0 saturated carbocycles. The van der Waals surface area contributed by atoms with Gasteiger partial charge in [-0.15, -0.1) is 11.3 Å². The fourth-order valence-corrected chi connectivity index (χ4v) is 3.99. The summed E-state index contributed by atoms with van der Waals surface area (Å²) in [4.78, 5) is 1.46. The molecule has 0 spiro atoms. The maximum atomic E-state index is 3.54. The van der Waals surface area contributed by atoms with Gasteiger partial charge in [0.05, 0.1) is 3.79 Å². The summed E-state index contributed by atoms with van der Waals surface area (Å²) in [5.74, 6) is 0. The van der Waals surface area contributed by atoms with E-state index in [1.165, 1.54) is 66.5 Å². The Labute approximate surface area is 131 Å². The molecule has 0 amide bonds. The highest BCUT2D eigenvalue weighted by atomic mass is 79.9. The second-order valence-electron chi connectivity index (χ2n) is 5.25. The lowest BCUT2D eigenvalue weighted by Gasteiger charge is -2.14. The first kappa shape index (κ1) is 17.2. The Balaban J connectivity index is 2.07. The number of nitrogens with one attached hydrogen (secondary N) is 1. The predicted molar refractivity (Wildman–Crippen MR) is 91.0 cm³/mol. The molecule has 0 aliphatic carbocycles. The molecule has 3 heteroatoms. The van der Waals surface area contributed by atoms with Crippen LogP contribution in [0.5, 0.6) is 0 Å². The van der Waals surface area contributed by atoms with Gasteiger partial charge in [0.15, 0.2) is 0 Å². The Morgan fingerprint density at radius 3 is 2.21 bits per heavy atom. The topological polar surface area (TPSA) is 12.0 Å². The molecular weight excluding hydrogens is 318 g/mol. The first-order valence-corrected chi connectivity index (χ1v) is 9.31. The van der Waals surface area contributed by atoms with E-state index in [1.54, 1.807) is 0 Å². The molecule has 0 bridgehead atoms. The van der Waals surface area contributed by atoms with Crippen LogP contribution >= 0.6 is 27.3 Å². The lowest BCUT2D eigenvalue weighted by atomic mass is 10.0. The molecule has 19 heavy (non-hydrogen) atoms. The highest BCUT2D eigenvalue weighted by molar-refractivity contribution is 9.11. The average Bonchev–Trinajstić information content (AvgIpc) is 2.83. The van der Waals surface area contributed by atoms with Crippen molar-refractivity contribution >= 4 is 27.3 Å². The molecule has 1 atom stereocenters. The van der Waals surface area contributed by atoms with E-state index in [0.29, 0.717) is 6.04 Å². The highest BCUT2D eigenvalue weighted by Crippen LogP contribution is 2.30. The van der Waals surface area contributed by atoms with Gasteiger partial charge in [0.1, 0.15) is 0 Å². The van der Waals surface area contributed by atoms with Gasteiger partial charge in [-0.3, -0.25) is 0 Å². The third-order valence-electron chi connectivity index (χ3n) is 3.63. The molecule has 0 fully saturated rings. The van der Waals surface area contributed by atoms with E-state index in [9.17, 15) is 0 Å². The van der Waals surface area contributed by atoms with Crippen molar-refractivity contribution in [1.29, 1.82) is 0 Å². The second-order valence-corrected chi connectivity index (χ2v) is 7.74. The van der Waals surface area contributed by atoms with E-state index < -0.39 is 0 Å². The number of halogens is 1. The minimum absolute atomic E-state index is 0.538. The molecule has 0 saturated heterocycles. The van der Waals surface area contributed by atoms with Crippen LogP contribution in [0.2, 0.25) is 0 Å². The summed E-state index contributed by atoms with van der Waals surface area (Å²) in [6, 6.07) is 4.93. The Morgan fingerprint density at radius 1 is 1.05 bits per heavy atom. The van der Waals surface area contributed by atoms with Gasteiger partial charge in [0.2, 0.25) is 0 Å². The second kappa shape index (κ2) is 10.9. The maximum absolute atomic E-state index is 3.54. The van der Waals surface area contributed by atoms with Gasteiger partial charge < -0.3 is 5.32 Å². The molecule has 0 aliphatic rings. The van der Waals surface area contributed by atoms with E-state index >= 15 is 0 Å². The van der Waals surface area contributed by atoms with Crippen LogP contribution < -0.4 is 5.32 Å². The molecule has 0 aromatic carbocycles. The van der Waals surface area contributed by atoms with Crippen molar-refractivity contribution in [3.63, 3.8) is 0 Å². The van der Waals surface area contributed by atoms with Gasteiger partial charge in [0, 0.05) is 10.9 Å². The van der Waals surface area contributed by atoms with Crippen molar-refractivity contribution in [2.24, 2.45) is 0 Å². The van der Waals surface area contributed by atoms with Crippen molar-refractivity contribution in [1.82, 2.24) is 5.32 Å². The van der Waals surface area contributed by atoms with E-state index in [2.05, 4.69) is 47.4 Å². The largest absolute Gasteiger partial charge is 0.312 e. The Hall–Kier alpha value is 0.140. The fraction of sp³-hybridized carbons (Fsp3) is 0.750. The van der Waals surface area contributed by atoms with Gasteiger partial charge in [-0.1, -0.05) is 58.3 Å². The summed E-state index contributed by atoms with van der Waals surface area (Å²) in [6.45, 7) is 2.28. The SMILES string of the molecule is CCCCCCCCCCC(NC)c1ccc(Br)s1. The van der Waals surface area contributed by atoms with Gasteiger partial charge in [-0.05, 0) is 41.5 Å². The fourth-order valence-electron chi connectivity index (χ4n) is 2.43. The van der Waals surface area contributed by atoms with E-state index in [4.69, 9.17) is 0 Å². The molecule has 1 aromatic rings. The zero-order valence-electron chi connectivity index (χ0n) is 12.4. The third kappa shape index (κ3) is 7.48. The van der Waals surface area contributed by atoms with E-state index in [0.717, 1.165) is 0 Å². The Kier molecular flexibility index (Phi) is 9.84. The zero-order valence-corrected chi connectivity index (χ0v) is 14.8. The minimum Gasteiger partial charge on any atom is -0.312 e. The lowest BCUT2D eigenvalue weighted by Crippen LogP contribution is -2.14. The van der Waals surface area contributed by atoms with E-state index in [-0.39, 0.29) is 0 Å². The number of hydrogen-bond acceptors (Lipinski definition) is 2. The molecule has 1 N–H and O–H groups in total. The summed E-state index contributed by atoms with van der Waals surface area (Å²) in [5.41, 5.74) is 0. The van der Waals surface area contributed by atoms with Crippen molar-refractivity contribution < 1.29 is 0 Å². The minimum atomic E-state index is 0.538. The monoisotopic (exact) mass is 345 g/mol. The normalized spacial score (nSPS) is 12.8. The summed E-state index contributed by atoms with van der Waals surface area (Å²) >= 11 is 5.40. The molecule has 0 aliphatic heterocycles. The zero-order chi connectivity index (χ0) is 13.9. The van der Waals surface area contributed by atoms with Crippen molar-refractivity contribution in [2.45, 2.75) is 70.8 Å². The first-order chi connectivity index (χ1) is 9.27. The van der Waals surface area contributed by atoms with Gasteiger partial charge >= 0.3 is 0 Å². The number of hydrogen-bond donors (Lipinski definition) is 1. The molecule has 1 aromatic heterocycles. The standard InChI is InChI=1S/C16H28BrNS/c1-3-4-5-6-7-8-9-10-11-14(18-2)15-12-13-16(17)19-15/h12-14,18H,3-11H2,1-2H3. The summed E-state index contributed by atoms with van der Waals surface area (Å²) in [5, 5.41) is 3.44. The number of thiophene rings is 1. The van der Waals surface area contributed by atoms with Crippen LogP contribution in [0.4, 0.5) is 0 Å². The van der Waals surface area contributed by atoms with Crippen LogP contribution in [-0.4, -0.2) is 7.05 Å². The lowest BCUT2D eigenvalue weighted by molar-refractivity contribution is 0.499. The number of rotatable bonds is 11. The quantitative estimate of drug-likeness (QED) is 0.464. The smallest absolute Gasteiger partial charge is 0.0701 e. The van der Waals surface area contributed by atoms with Crippen LogP contribution in [0.25, 0.3) is 0 Å². The number of unbranched alkanes of at least 4 members (excludes halogenated alkanes) is 7. The molecule has 0 radical (unpaired) electrons. The molecule has 110 valence electrons. The summed E-state index contributed by atoms with van der Waals surface area (Å²) in [7, 11) is 2.07. The van der Waals surface area contributed by atoms with Crippen molar-refractivity contribution in [2.75, 3.05) is 7.05 Å².